The van der Waals surface area contributed by atoms with Gasteiger partial charge in [-0.1, -0.05) is 18.2 Å². The van der Waals surface area contributed by atoms with E-state index in [0.717, 1.165) is 28.0 Å². The topological polar surface area (TPSA) is 39.2 Å². The molecule has 0 aliphatic rings. The Morgan fingerprint density at radius 2 is 1.95 bits per heavy atom. The van der Waals surface area contributed by atoms with Crippen molar-refractivity contribution in [2.45, 2.75) is 6.61 Å². The van der Waals surface area contributed by atoms with Gasteiger partial charge in [0.2, 0.25) is 0 Å². The van der Waals surface area contributed by atoms with Crippen molar-refractivity contribution in [2.75, 3.05) is 14.2 Å². The van der Waals surface area contributed by atoms with E-state index in [9.17, 15) is 0 Å². The number of aromatic nitrogens is 2. The fraction of sp³-hybridized carbons (Fsp3) is 0.188. The molecule has 0 aliphatic carbocycles. The van der Waals surface area contributed by atoms with E-state index in [1.54, 1.807) is 14.2 Å². The number of H-pyrrole nitrogens is 1. The molecule has 21 heavy (non-hydrogen) atoms. The molecular formula is C16H16N2O2S. The summed E-state index contributed by atoms with van der Waals surface area (Å²) in [6, 6.07) is 14.0. The van der Waals surface area contributed by atoms with E-state index in [2.05, 4.69) is 11.1 Å². The van der Waals surface area contributed by atoms with Gasteiger partial charge in [-0.15, -0.1) is 0 Å². The summed E-state index contributed by atoms with van der Waals surface area (Å²) < 4.78 is 13.2. The lowest BCUT2D eigenvalue weighted by Gasteiger charge is -2.07. The Balaban J connectivity index is 2.23. The van der Waals surface area contributed by atoms with Crippen molar-refractivity contribution in [3.8, 4) is 11.4 Å². The predicted octanol–water partition coefficient (Wildman–Crippen LogP) is 3.84. The van der Waals surface area contributed by atoms with Gasteiger partial charge in [0.25, 0.3) is 0 Å². The highest BCUT2D eigenvalue weighted by Gasteiger charge is 2.10. The zero-order valence-electron chi connectivity index (χ0n) is 11.9. The second-order valence-electron chi connectivity index (χ2n) is 4.72. The normalized spacial score (nSPS) is 11.0. The molecule has 1 N–H and O–H groups in total. The van der Waals surface area contributed by atoms with Crippen molar-refractivity contribution in [1.82, 2.24) is 9.55 Å². The monoisotopic (exact) mass is 300 g/mol. The van der Waals surface area contributed by atoms with Crippen LogP contribution in [0.25, 0.3) is 16.7 Å². The summed E-state index contributed by atoms with van der Waals surface area (Å²) in [6.07, 6.45) is 0. The number of imidazole rings is 1. The zero-order valence-corrected chi connectivity index (χ0v) is 12.7. The number of methoxy groups -OCH3 is 2. The second kappa shape index (κ2) is 5.71. The summed E-state index contributed by atoms with van der Waals surface area (Å²) in [6.45, 7) is 0.576. The van der Waals surface area contributed by atoms with Crippen LogP contribution in [0.1, 0.15) is 5.56 Å². The molecule has 0 saturated carbocycles. The number of benzene rings is 2. The van der Waals surface area contributed by atoms with E-state index in [1.807, 2.05) is 41.0 Å². The molecule has 0 spiro atoms. The van der Waals surface area contributed by atoms with Gasteiger partial charge in [0.15, 0.2) is 4.77 Å². The standard InChI is InChI=1S/C16H16N2O2S/c1-19-10-11-5-3-6-12(9-11)18-13-7-4-8-14(20-2)15(13)17-16(18)21/h3-9H,10H2,1-2H3,(H,17,21). The lowest BCUT2D eigenvalue weighted by atomic mass is 10.2. The molecule has 0 radical (unpaired) electrons. The van der Waals surface area contributed by atoms with Crippen LogP contribution in [-0.2, 0) is 11.3 Å². The molecule has 3 rings (SSSR count). The van der Waals surface area contributed by atoms with Gasteiger partial charge in [0, 0.05) is 12.8 Å². The molecule has 108 valence electrons. The van der Waals surface area contributed by atoms with E-state index in [-0.39, 0.29) is 0 Å². The van der Waals surface area contributed by atoms with Crippen molar-refractivity contribution < 1.29 is 9.47 Å². The van der Waals surface area contributed by atoms with Gasteiger partial charge in [-0.25, -0.2) is 0 Å². The lowest BCUT2D eigenvalue weighted by Crippen LogP contribution is -1.96. The van der Waals surface area contributed by atoms with Gasteiger partial charge in [-0.2, -0.15) is 0 Å². The minimum atomic E-state index is 0.576. The first-order chi connectivity index (χ1) is 10.2. The number of rotatable bonds is 4. The molecule has 4 nitrogen and oxygen atoms in total. The van der Waals surface area contributed by atoms with Gasteiger partial charge in [-0.3, -0.25) is 4.57 Å². The maximum Gasteiger partial charge on any atom is 0.182 e. The van der Waals surface area contributed by atoms with Crippen molar-refractivity contribution in [2.24, 2.45) is 0 Å². The first-order valence-electron chi connectivity index (χ1n) is 6.60. The van der Waals surface area contributed by atoms with Crippen LogP contribution in [0.4, 0.5) is 0 Å². The highest BCUT2D eigenvalue weighted by molar-refractivity contribution is 7.71. The van der Waals surface area contributed by atoms with E-state index >= 15 is 0 Å². The highest BCUT2D eigenvalue weighted by Crippen LogP contribution is 2.27. The molecule has 0 aliphatic heterocycles. The summed E-state index contributed by atoms with van der Waals surface area (Å²) in [4.78, 5) is 3.22. The summed E-state index contributed by atoms with van der Waals surface area (Å²) in [5.41, 5.74) is 4.01. The maximum absolute atomic E-state index is 5.47. The highest BCUT2D eigenvalue weighted by atomic mass is 32.1. The Labute approximate surface area is 127 Å². The number of hydrogen-bond donors (Lipinski definition) is 1. The molecule has 0 fully saturated rings. The molecular weight excluding hydrogens is 284 g/mol. The van der Waals surface area contributed by atoms with Crippen LogP contribution < -0.4 is 4.74 Å². The third kappa shape index (κ3) is 2.46. The Morgan fingerprint density at radius 1 is 1.14 bits per heavy atom. The third-order valence-corrected chi connectivity index (χ3v) is 3.66. The molecule has 2 aromatic carbocycles. The minimum Gasteiger partial charge on any atom is -0.494 e. The minimum absolute atomic E-state index is 0.576. The van der Waals surface area contributed by atoms with E-state index in [0.29, 0.717) is 11.4 Å². The first kappa shape index (κ1) is 13.9. The molecule has 1 aromatic heterocycles. The first-order valence-corrected chi connectivity index (χ1v) is 7.01. The fourth-order valence-electron chi connectivity index (χ4n) is 2.48. The lowest BCUT2D eigenvalue weighted by molar-refractivity contribution is 0.185. The number of nitrogens with one attached hydrogen (secondary N) is 1. The van der Waals surface area contributed by atoms with Gasteiger partial charge >= 0.3 is 0 Å². The summed E-state index contributed by atoms with van der Waals surface area (Å²) in [5.74, 6) is 0.783. The summed E-state index contributed by atoms with van der Waals surface area (Å²) in [7, 11) is 3.34. The Hall–Kier alpha value is -2.11. The molecule has 3 aromatic rings. The Bertz CT molecular complexity index is 836. The van der Waals surface area contributed by atoms with Gasteiger partial charge in [-0.05, 0) is 42.0 Å². The number of para-hydroxylation sites is 1. The van der Waals surface area contributed by atoms with Crippen LogP contribution in [0.2, 0.25) is 0 Å². The molecule has 1 heterocycles. The van der Waals surface area contributed by atoms with Crippen molar-refractivity contribution in [3.63, 3.8) is 0 Å². The molecule has 0 atom stereocenters. The fourth-order valence-corrected chi connectivity index (χ4v) is 2.79. The molecule has 0 amide bonds. The number of nitrogens with zero attached hydrogens (tertiary/aromatic N) is 1. The van der Waals surface area contributed by atoms with Crippen LogP contribution in [0.3, 0.4) is 0 Å². The number of hydrogen-bond acceptors (Lipinski definition) is 3. The quantitative estimate of drug-likeness (QED) is 0.744. The smallest absolute Gasteiger partial charge is 0.182 e. The van der Waals surface area contributed by atoms with Crippen molar-refractivity contribution in [3.05, 3.63) is 52.8 Å². The molecule has 0 bridgehead atoms. The number of aromatic amines is 1. The molecule has 5 heteroatoms. The van der Waals surface area contributed by atoms with Crippen molar-refractivity contribution in [1.29, 1.82) is 0 Å². The summed E-state index contributed by atoms with van der Waals surface area (Å²) >= 11 is 5.47. The van der Waals surface area contributed by atoms with Crippen LogP contribution in [0.5, 0.6) is 5.75 Å². The van der Waals surface area contributed by atoms with Crippen LogP contribution >= 0.6 is 12.2 Å². The van der Waals surface area contributed by atoms with Crippen LogP contribution in [0.15, 0.2) is 42.5 Å². The van der Waals surface area contributed by atoms with Crippen LogP contribution in [-0.4, -0.2) is 23.8 Å². The van der Waals surface area contributed by atoms with E-state index in [4.69, 9.17) is 21.7 Å². The predicted molar refractivity (Wildman–Crippen MR) is 85.7 cm³/mol. The Kier molecular flexibility index (Phi) is 3.77. The largest absolute Gasteiger partial charge is 0.494 e. The Morgan fingerprint density at radius 3 is 2.71 bits per heavy atom. The van der Waals surface area contributed by atoms with E-state index in [1.165, 1.54) is 0 Å². The van der Waals surface area contributed by atoms with Gasteiger partial charge in [0.1, 0.15) is 11.3 Å². The van der Waals surface area contributed by atoms with Gasteiger partial charge < -0.3 is 14.5 Å². The maximum atomic E-state index is 5.47. The zero-order chi connectivity index (χ0) is 14.8. The second-order valence-corrected chi connectivity index (χ2v) is 5.11. The van der Waals surface area contributed by atoms with Gasteiger partial charge in [0.05, 0.1) is 19.2 Å². The van der Waals surface area contributed by atoms with Crippen molar-refractivity contribution >= 4 is 23.3 Å². The number of fused-ring (bicyclic) bond motifs is 1. The SMILES string of the molecule is COCc1cccc(-n2c(=S)[nH]c3c(OC)cccc32)c1. The average Bonchev–Trinajstić information content (AvgIpc) is 2.83. The van der Waals surface area contributed by atoms with E-state index < -0.39 is 0 Å². The average molecular weight is 300 g/mol. The molecule has 0 saturated heterocycles. The number of ether oxygens (including phenoxy) is 2. The third-order valence-electron chi connectivity index (χ3n) is 3.38. The molecule has 0 unspecified atom stereocenters. The summed E-state index contributed by atoms with van der Waals surface area (Å²) in [5, 5.41) is 0. The van der Waals surface area contributed by atoms with Crippen LogP contribution in [0, 0.1) is 4.77 Å².